The van der Waals surface area contributed by atoms with Crippen molar-refractivity contribution in [2.75, 3.05) is 20.3 Å². The van der Waals surface area contributed by atoms with Crippen molar-refractivity contribution in [2.24, 2.45) is 34.6 Å². The number of aliphatic hydroxyl groups is 1. The molecule has 0 radical (unpaired) electrons. The van der Waals surface area contributed by atoms with Crippen LogP contribution in [0.5, 0.6) is 0 Å². The van der Waals surface area contributed by atoms with E-state index in [-0.39, 0.29) is 54.2 Å². The van der Waals surface area contributed by atoms with E-state index < -0.39 is 17.9 Å². The zero-order chi connectivity index (χ0) is 36.0. The van der Waals surface area contributed by atoms with E-state index >= 15 is 0 Å². The molecule has 1 aromatic heterocycles. The molecule has 0 aromatic carbocycles. The van der Waals surface area contributed by atoms with Crippen molar-refractivity contribution < 1.29 is 29.0 Å². The molecule has 8 bridgehead atoms. The van der Waals surface area contributed by atoms with Gasteiger partial charge in [-0.1, -0.05) is 20.8 Å². The van der Waals surface area contributed by atoms with E-state index in [2.05, 4.69) is 47.8 Å². The number of Topliss-reactive ketones (excluding diaryl/α,β-unsaturated/α-hetero) is 2. The van der Waals surface area contributed by atoms with Gasteiger partial charge in [0.1, 0.15) is 5.92 Å². The van der Waals surface area contributed by atoms with Crippen LogP contribution in [0.3, 0.4) is 0 Å². The summed E-state index contributed by atoms with van der Waals surface area (Å²) in [4.78, 5) is 62.3. The van der Waals surface area contributed by atoms with E-state index in [1.54, 1.807) is 6.92 Å². The number of aromatic amines is 1. The predicted octanol–water partition coefficient (Wildman–Crippen LogP) is 4.66. The molecule has 6 rings (SSSR count). The maximum Gasteiger partial charge on any atom is 0.321 e. The van der Waals surface area contributed by atoms with Crippen LogP contribution in [-0.2, 0) is 19.1 Å². The van der Waals surface area contributed by atoms with Crippen molar-refractivity contribution in [1.29, 1.82) is 0 Å². The summed E-state index contributed by atoms with van der Waals surface area (Å²) in [5, 5.41) is 19.3. The molecule has 6 atom stereocenters. The van der Waals surface area contributed by atoms with Crippen LogP contribution in [0.4, 0.5) is 0 Å². The summed E-state index contributed by atoms with van der Waals surface area (Å²) in [5.74, 6) is -2.32. The smallest absolute Gasteiger partial charge is 0.321 e. The second-order valence-corrected chi connectivity index (χ2v) is 14.2. The normalized spacial score (nSPS) is 26.7. The first kappa shape index (κ1) is 35.3. The molecule has 11 nitrogen and oxygen atoms in total. The lowest BCUT2D eigenvalue weighted by molar-refractivity contribution is -0.146. The first-order valence-electron chi connectivity index (χ1n) is 17.9. The first-order valence-corrected chi connectivity index (χ1v) is 17.9. The van der Waals surface area contributed by atoms with Crippen LogP contribution in [0.2, 0.25) is 0 Å². The highest BCUT2D eigenvalue weighted by atomic mass is 16.5. The molecule has 50 heavy (non-hydrogen) atoms. The number of aromatic nitrogens is 1. The topological polar surface area (TPSA) is 162 Å². The molecule has 1 saturated carbocycles. The van der Waals surface area contributed by atoms with Crippen LogP contribution < -0.4 is 16.0 Å². The molecule has 5 N–H and O–H groups in total. The minimum absolute atomic E-state index is 0.0362. The summed E-state index contributed by atoms with van der Waals surface area (Å²) in [6.45, 7) is 12.4. The van der Waals surface area contributed by atoms with Crippen molar-refractivity contribution in [3.8, 4) is 0 Å². The number of methoxy groups -OCH3 is 1. The fraction of sp³-hybridized carbons (Fsp3) is 0.513. The number of fused-ring (bicyclic) bond motifs is 7. The van der Waals surface area contributed by atoms with Gasteiger partial charge in [0.25, 0.3) is 0 Å². The van der Waals surface area contributed by atoms with Crippen LogP contribution in [0.25, 0.3) is 12.2 Å². The highest BCUT2D eigenvalue weighted by Crippen LogP contribution is 2.47. The van der Waals surface area contributed by atoms with Crippen molar-refractivity contribution in [3.63, 3.8) is 0 Å². The lowest BCUT2D eigenvalue weighted by atomic mass is 9.85. The lowest BCUT2D eigenvalue weighted by Crippen LogP contribution is -2.28. The van der Waals surface area contributed by atoms with Gasteiger partial charge in [0.15, 0.2) is 11.6 Å². The molecule has 5 aliphatic rings. The monoisotopic (exact) mass is 683 g/mol. The number of hydrogen-bond donors (Lipinski definition) is 5. The fourth-order valence-corrected chi connectivity index (χ4v) is 8.44. The Morgan fingerprint density at radius 2 is 1.70 bits per heavy atom. The van der Waals surface area contributed by atoms with Crippen LogP contribution in [0.1, 0.15) is 94.0 Å². The molecular weight excluding hydrogens is 634 g/mol. The van der Waals surface area contributed by atoms with Gasteiger partial charge in [0.2, 0.25) is 5.91 Å². The van der Waals surface area contributed by atoms with Gasteiger partial charge in [-0.15, -0.1) is 0 Å². The number of nitrogens with one attached hydrogen (secondary N) is 4. The maximum absolute atomic E-state index is 14.2. The fourth-order valence-electron chi connectivity index (χ4n) is 8.44. The Kier molecular flexibility index (Phi) is 9.90. The maximum atomic E-state index is 14.2. The number of H-pyrrole nitrogens is 1. The highest BCUT2D eigenvalue weighted by Gasteiger charge is 2.52. The van der Waals surface area contributed by atoms with Gasteiger partial charge in [0, 0.05) is 88.4 Å². The summed E-state index contributed by atoms with van der Waals surface area (Å²) in [7, 11) is 1.29. The third kappa shape index (κ3) is 5.99. The molecule has 1 amide bonds. The predicted molar refractivity (Wildman–Crippen MR) is 191 cm³/mol. The van der Waals surface area contributed by atoms with Crippen LogP contribution in [-0.4, -0.2) is 65.5 Å². The summed E-state index contributed by atoms with van der Waals surface area (Å²) in [6.07, 6.45) is 9.02. The second kappa shape index (κ2) is 14.0. The molecule has 4 aliphatic heterocycles. The number of aliphatic imine (C=N–C) groups is 1. The van der Waals surface area contributed by atoms with Gasteiger partial charge < -0.3 is 30.8 Å². The zero-order valence-corrected chi connectivity index (χ0v) is 30.1. The average Bonchev–Trinajstić information content (AvgIpc) is 3.82. The minimum Gasteiger partial charge on any atom is -0.468 e. The number of hydrogen-bond acceptors (Lipinski definition) is 9. The van der Waals surface area contributed by atoms with Crippen LogP contribution in [0, 0.1) is 36.5 Å². The molecule has 2 saturated heterocycles. The summed E-state index contributed by atoms with van der Waals surface area (Å²) in [6, 6.07) is -0.404. The van der Waals surface area contributed by atoms with Gasteiger partial charge in [-0.05, 0) is 75.8 Å². The third-order valence-corrected chi connectivity index (χ3v) is 11.3. The summed E-state index contributed by atoms with van der Waals surface area (Å²) < 4.78 is 5.21. The van der Waals surface area contributed by atoms with Gasteiger partial charge in [-0.25, -0.2) is 0 Å². The van der Waals surface area contributed by atoms with Gasteiger partial charge in [0.05, 0.1) is 24.6 Å². The molecular formula is C39H49N5O6. The SMILES string of the molecule is CCC1C2=CC3N=C4C(=C3C)C(=O)C(C(=O)OC)C4=C3NC(=Cc4[nH]c(c(C(C)=O)c4C)C=C(N2)C1C)C(C)C3CCC(=O)NCCCCO. The van der Waals surface area contributed by atoms with Gasteiger partial charge >= 0.3 is 5.97 Å². The summed E-state index contributed by atoms with van der Waals surface area (Å²) >= 11 is 0. The molecule has 3 fully saturated rings. The number of aliphatic hydroxyl groups excluding tert-OH is 1. The standard InChI is InChI=1S/C39H49N5O6/c1-8-23-18(2)25-17-30-32(22(6)46)20(4)27(42-30)15-26-19(3)24(11-12-31(47)40-13-9-10-14-45)36(43-26)34-35(39(49)50-7)38(48)33-21(5)28(44-37(33)34)16-29(23)41-25/h15-19,23-24,28,35,41-43,45H,8-14H2,1-7H3,(H,40,47). The third-order valence-electron chi connectivity index (χ3n) is 11.3. The number of amides is 1. The minimum atomic E-state index is -1.18. The molecule has 0 spiro atoms. The molecule has 1 aromatic rings. The van der Waals surface area contributed by atoms with Crippen LogP contribution >= 0.6 is 0 Å². The zero-order valence-electron chi connectivity index (χ0n) is 30.1. The Hall–Kier alpha value is -4.51. The number of esters is 1. The number of nitrogens with zero attached hydrogens (tertiary/aromatic N) is 1. The molecule has 5 heterocycles. The second-order valence-electron chi connectivity index (χ2n) is 14.2. The Bertz CT molecular complexity index is 1840. The molecule has 266 valence electrons. The lowest BCUT2D eigenvalue weighted by Gasteiger charge is -2.20. The van der Waals surface area contributed by atoms with E-state index in [9.17, 15) is 19.2 Å². The Morgan fingerprint density at radius 3 is 2.38 bits per heavy atom. The van der Waals surface area contributed by atoms with Crippen molar-refractivity contribution in [1.82, 2.24) is 20.9 Å². The number of carbonyl (C=O) groups excluding carboxylic acids is 4. The number of rotatable bonds is 10. The number of ether oxygens (including phenoxy) is 1. The van der Waals surface area contributed by atoms with E-state index in [4.69, 9.17) is 14.8 Å². The summed E-state index contributed by atoms with van der Waals surface area (Å²) in [5.41, 5.74) is 8.82. The average molecular weight is 684 g/mol. The molecule has 11 heteroatoms. The number of carbonyl (C=O) groups is 4. The largest absolute Gasteiger partial charge is 0.468 e. The number of allylic oxidation sites excluding steroid dienone is 5. The van der Waals surface area contributed by atoms with E-state index in [0.29, 0.717) is 53.9 Å². The Morgan fingerprint density at radius 1 is 1.00 bits per heavy atom. The van der Waals surface area contributed by atoms with E-state index in [1.807, 2.05) is 26.0 Å². The van der Waals surface area contributed by atoms with E-state index in [0.717, 1.165) is 46.0 Å². The number of ketones is 2. The first-order chi connectivity index (χ1) is 23.9. The van der Waals surface area contributed by atoms with Crippen molar-refractivity contribution in [3.05, 3.63) is 68.1 Å². The highest BCUT2D eigenvalue weighted by molar-refractivity contribution is 6.42. The quantitative estimate of drug-likeness (QED) is 0.103. The van der Waals surface area contributed by atoms with Crippen LogP contribution in [0.15, 0.2) is 50.6 Å². The Labute approximate surface area is 293 Å². The van der Waals surface area contributed by atoms with Gasteiger partial charge in [-0.2, -0.15) is 0 Å². The Balaban J connectivity index is 1.55. The van der Waals surface area contributed by atoms with Gasteiger partial charge in [-0.3, -0.25) is 24.2 Å². The molecule has 6 unspecified atom stereocenters. The van der Waals surface area contributed by atoms with E-state index in [1.165, 1.54) is 7.11 Å². The molecule has 1 aliphatic carbocycles. The van der Waals surface area contributed by atoms with Crippen molar-refractivity contribution >= 4 is 41.3 Å². The van der Waals surface area contributed by atoms with Crippen molar-refractivity contribution in [2.45, 2.75) is 79.7 Å². The number of unbranched alkanes of at least 4 members (excludes halogenated alkanes) is 1.